The van der Waals surface area contributed by atoms with Gasteiger partial charge in [0.2, 0.25) is 0 Å². The van der Waals surface area contributed by atoms with E-state index in [9.17, 15) is 4.39 Å². The molecule has 0 aliphatic rings. The molecule has 1 atom stereocenters. The second-order valence-corrected chi connectivity index (χ2v) is 6.08. The number of hydrogen-bond donors (Lipinski definition) is 1. The minimum absolute atomic E-state index is 0.114. The van der Waals surface area contributed by atoms with Gasteiger partial charge in [0.1, 0.15) is 5.82 Å². The van der Waals surface area contributed by atoms with E-state index in [-0.39, 0.29) is 11.9 Å². The molecule has 0 aliphatic carbocycles. The lowest BCUT2D eigenvalue weighted by Gasteiger charge is -2.18. The second-order valence-electron chi connectivity index (χ2n) is 4.88. The van der Waals surface area contributed by atoms with Crippen LogP contribution in [0.1, 0.15) is 42.4 Å². The van der Waals surface area contributed by atoms with Crippen molar-refractivity contribution >= 4 is 23.1 Å². The molecule has 21 heavy (non-hydrogen) atoms. The minimum Gasteiger partial charge on any atom is -0.309 e. The van der Waals surface area contributed by atoms with Gasteiger partial charge in [-0.2, -0.15) is 0 Å². The van der Waals surface area contributed by atoms with Crippen molar-refractivity contribution < 1.29 is 4.39 Å². The van der Waals surface area contributed by atoms with Gasteiger partial charge in [0.25, 0.3) is 0 Å². The zero-order valence-electron chi connectivity index (χ0n) is 12.2. The molecule has 1 aromatic carbocycles. The van der Waals surface area contributed by atoms with Crippen molar-refractivity contribution in [3.8, 4) is 0 Å². The topological polar surface area (TPSA) is 37.8 Å². The number of benzene rings is 1. The van der Waals surface area contributed by atoms with Crippen molar-refractivity contribution in [1.29, 1.82) is 0 Å². The standard InChI is InChI=1S/C15H19ClFN3S/c1-3-7-18-14(15-13(4-2)19-20-21-15)8-10-5-6-11(17)9-12(10)16/h5-6,9,14,18H,3-4,7-8H2,1-2H3. The van der Waals surface area contributed by atoms with Gasteiger partial charge in [-0.25, -0.2) is 4.39 Å². The molecule has 0 radical (unpaired) electrons. The lowest BCUT2D eigenvalue weighted by Crippen LogP contribution is -2.24. The average Bonchev–Trinajstić information content (AvgIpc) is 2.94. The first-order valence-corrected chi connectivity index (χ1v) is 8.29. The summed E-state index contributed by atoms with van der Waals surface area (Å²) in [6.07, 6.45) is 2.60. The van der Waals surface area contributed by atoms with Crippen LogP contribution in [0.3, 0.4) is 0 Å². The van der Waals surface area contributed by atoms with Crippen molar-refractivity contribution in [2.45, 2.75) is 39.2 Å². The number of aryl methyl sites for hydroxylation is 1. The van der Waals surface area contributed by atoms with Crippen LogP contribution in [0.5, 0.6) is 0 Å². The zero-order valence-corrected chi connectivity index (χ0v) is 13.8. The highest BCUT2D eigenvalue weighted by Crippen LogP contribution is 2.28. The van der Waals surface area contributed by atoms with Gasteiger partial charge in [0.05, 0.1) is 10.6 Å². The number of halogens is 2. The summed E-state index contributed by atoms with van der Waals surface area (Å²) in [4.78, 5) is 1.14. The molecule has 0 spiro atoms. The van der Waals surface area contributed by atoms with Gasteiger partial charge in [-0.05, 0) is 55.0 Å². The predicted octanol–water partition coefficient (Wildman–Crippen LogP) is 4.18. The number of nitrogens with one attached hydrogen (secondary N) is 1. The molecule has 1 heterocycles. The van der Waals surface area contributed by atoms with Crippen molar-refractivity contribution in [3.63, 3.8) is 0 Å². The first-order valence-electron chi connectivity index (χ1n) is 7.14. The molecule has 0 saturated carbocycles. The van der Waals surface area contributed by atoms with Gasteiger partial charge in [0.15, 0.2) is 0 Å². The van der Waals surface area contributed by atoms with Gasteiger partial charge in [-0.1, -0.05) is 36.0 Å². The summed E-state index contributed by atoms with van der Waals surface area (Å²) in [5.41, 5.74) is 1.95. The lowest BCUT2D eigenvalue weighted by atomic mass is 10.0. The summed E-state index contributed by atoms with van der Waals surface area (Å²) in [5, 5.41) is 8.16. The molecular formula is C15H19ClFN3S. The fourth-order valence-electron chi connectivity index (χ4n) is 2.21. The van der Waals surface area contributed by atoms with E-state index < -0.39 is 0 Å². The third-order valence-corrected chi connectivity index (χ3v) is 4.55. The van der Waals surface area contributed by atoms with E-state index >= 15 is 0 Å². The molecule has 1 unspecified atom stereocenters. The van der Waals surface area contributed by atoms with Gasteiger partial charge >= 0.3 is 0 Å². The van der Waals surface area contributed by atoms with E-state index in [2.05, 4.69) is 28.8 Å². The molecule has 3 nitrogen and oxygen atoms in total. The van der Waals surface area contributed by atoms with Crippen molar-refractivity contribution in [3.05, 3.63) is 45.2 Å². The summed E-state index contributed by atoms with van der Waals surface area (Å²) >= 11 is 7.57. The smallest absolute Gasteiger partial charge is 0.124 e. The Morgan fingerprint density at radius 2 is 2.19 bits per heavy atom. The Balaban J connectivity index is 2.24. The maximum atomic E-state index is 13.2. The second kappa shape index (κ2) is 7.82. The molecule has 114 valence electrons. The minimum atomic E-state index is -0.310. The first-order chi connectivity index (χ1) is 10.2. The normalized spacial score (nSPS) is 12.6. The van der Waals surface area contributed by atoms with Crippen LogP contribution in [0.25, 0.3) is 0 Å². The fraction of sp³-hybridized carbons (Fsp3) is 0.467. The molecule has 6 heteroatoms. The van der Waals surface area contributed by atoms with Crippen molar-refractivity contribution in [1.82, 2.24) is 14.9 Å². The SMILES string of the molecule is CCCNC(Cc1ccc(F)cc1Cl)c1snnc1CC. The predicted molar refractivity (Wildman–Crippen MR) is 85.4 cm³/mol. The Hall–Kier alpha value is -1.04. The molecule has 0 amide bonds. The number of nitrogens with zero attached hydrogens (tertiary/aromatic N) is 2. The van der Waals surface area contributed by atoms with Crippen LogP contribution < -0.4 is 5.32 Å². The summed E-state index contributed by atoms with van der Waals surface area (Å²) in [5.74, 6) is -0.310. The van der Waals surface area contributed by atoms with E-state index in [1.165, 1.54) is 23.7 Å². The van der Waals surface area contributed by atoms with Crippen molar-refractivity contribution in [2.24, 2.45) is 0 Å². The van der Waals surface area contributed by atoms with Crippen LogP contribution >= 0.6 is 23.1 Å². The molecule has 2 aromatic rings. The van der Waals surface area contributed by atoms with Gasteiger partial charge < -0.3 is 5.32 Å². The van der Waals surface area contributed by atoms with Crippen LogP contribution in [0.2, 0.25) is 5.02 Å². The van der Waals surface area contributed by atoms with Crippen LogP contribution in [0.4, 0.5) is 4.39 Å². The molecule has 2 rings (SSSR count). The number of rotatable bonds is 7. The van der Waals surface area contributed by atoms with Crippen LogP contribution in [-0.2, 0) is 12.8 Å². The molecular weight excluding hydrogens is 309 g/mol. The Kier molecular flexibility index (Phi) is 6.08. The van der Waals surface area contributed by atoms with E-state index in [4.69, 9.17) is 11.6 Å². The Morgan fingerprint density at radius 1 is 1.38 bits per heavy atom. The molecule has 0 fully saturated rings. The molecule has 0 aliphatic heterocycles. The molecule has 0 bridgehead atoms. The largest absolute Gasteiger partial charge is 0.309 e. The van der Waals surface area contributed by atoms with Gasteiger partial charge in [0, 0.05) is 11.1 Å². The number of aromatic nitrogens is 2. The summed E-state index contributed by atoms with van der Waals surface area (Å²) in [6.45, 7) is 5.10. The summed E-state index contributed by atoms with van der Waals surface area (Å²) in [6, 6.07) is 4.67. The summed E-state index contributed by atoms with van der Waals surface area (Å²) < 4.78 is 17.2. The Bertz CT molecular complexity index is 588. The number of hydrogen-bond acceptors (Lipinski definition) is 4. The fourth-order valence-corrected chi connectivity index (χ4v) is 3.26. The first kappa shape index (κ1) is 16.3. The maximum Gasteiger partial charge on any atom is 0.124 e. The van der Waals surface area contributed by atoms with Gasteiger partial charge in [-0.15, -0.1) is 5.10 Å². The third kappa shape index (κ3) is 4.22. The quantitative estimate of drug-likeness (QED) is 0.829. The van der Waals surface area contributed by atoms with Gasteiger partial charge in [-0.3, -0.25) is 0 Å². The Labute approximate surface area is 133 Å². The van der Waals surface area contributed by atoms with Crippen molar-refractivity contribution in [2.75, 3.05) is 6.54 Å². The monoisotopic (exact) mass is 327 g/mol. The van der Waals surface area contributed by atoms with E-state index in [1.807, 2.05) is 0 Å². The third-order valence-electron chi connectivity index (χ3n) is 3.32. The van der Waals surface area contributed by atoms with Crippen LogP contribution in [0.15, 0.2) is 18.2 Å². The van der Waals surface area contributed by atoms with E-state index in [0.717, 1.165) is 35.5 Å². The zero-order chi connectivity index (χ0) is 15.2. The highest BCUT2D eigenvalue weighted by Gasteiger charge is 2.19. The maximum absolute atomic E-state index is 13.2. The highest BCUT2D eigenvalue weighted by atomic mass is 35.5. The Morgan fingerprint density at radius 3 is 2.86 bits per heavy atom. The summed E-state index contributed by atoms with van der Waals surface area (Å²) in [7, 11) is 0. The van der Waals surface area contributed by atoms with E-state index in [1.54, 1.807) is 6.07 Å². The molecule has 1 N–H and O–H groups in total. The van der Waals surface area contributed by atoms with E-state index in [0.29, 0.717) is 11.4 Å². The lowest BCUT2D eigenvalue weighted by molar-refractivity contribution is 0.531. The highest BCUT2D eigenvalue weighted by molar-refractivity contribution is 7.05. The average molecular weight is 328 g/mol. The van der Waals surface area contributed by atoms with Crippen LogP contribution in [-0.4, -0.2) is 16.1 Å². The molecule has 1 aromatic heterocycles. The van der Waals surface area contributed by atoms with Crippen LogP contribution in [0, 0.1) is 5.82 Å². The molecule has 0 saturated heterocycles.